The van der Waals surface area contributed by atoms with Gasteiger partial charge in [-0.15, -0.1) is 11.3 Å². The van der Waals surface area contributed by atoms with E-state index < -0.39 is 16.1 Å². The van der Waals surface area contributed by atoms with E-state index in [0.29, 0.717) is 12.2 Å². The van der Waals surface area contributed by atoms with Gasteiger partial charge in [0, 0.05) is 24.2 Å². The van der Waals surface area contributed by atoms with Crippen LogP contribution in [0.1, 0.15) is 6.92 Å². The Balaban J connectivity index is 2.35. The Hall–Kier alpha value is -1.12. The van der Waals surface area contributed by atoms with Crippen LogP contribution in [0.2, 0.25) is 0 Å². The second-order valence-corrected chi connectivity index (χ2v) is 6.81. The van der Waals surface area contributed by atoms with Gasteiger partial charge in [-0.3, -0.25) is 4.79 Å². The molecule has 94 valence electrons. The standard InChI is InChI=1S/C9H13N3O3S2/c1-6-9(13)11-2-3-12(6)17(14,15)8-4-7(10)5-16-8/h4-6H,2-3,10H2,1H3,(H,11,13). The molecule has 1 aromatic rings. The monoisotopic (exact) mass is 275 g/mol. The number of amides is 1. The molecule has 1 aliphatic heterocycles. The molecule has 0 aliphatic carbocycles. The molecule has 6 nitrogen and oxygen atoms in total. The van der Waals surface area contributed by atoms with Crippen LogP contribution in [0.3, 0.4) is 0 Å². The zero-order valence-corrected chi connectivity index (χ0v) is 10.8. The van der Waals surface area contributed by atoms with Gasteiger partial charge in [-0.1, -0.05) is 0 Å². The average Bonchev–Trinajstić information content (AvgIpc) is 2.69. The molecule has 2 rings (SSSR count). The highest BCUT2D eigenvalue weighted by atomic mass is 32.2. The predicted molar refractivity (Wildman–Crippen MR) is 65.1 cm³/mol. The first-order chi connectivity index (χ1) is 7.93. The van der Waals surface area contributed by atoms with Gasteiger partial charge in [0.05, 0.1) is 0 Å². The summed E-state index contributed by atoms with van der Waals surface area (Å²) in [5.74, 6) is -0.274. The quantitative estimate of drug-likeness (QED) is 0.784. The summed E-state index contributed by atoms with van der Waals surface area (Å²) in [6.07, 6.45) is 0. The van der Waals surface area contributed by atoms with E-state index in [1.165, 1.54) is 10.4 Å². The number of anilines is 1. The van der Waals surface area contributed by atoms with Crippen molar-refractivity contribution in [2.45, 2.75) is 17.2 Å². The maximum Gasteiger partial charge on any atom is 0.253 e. The molecule has 2 heterocycles. The molecular weight excluding hydrogens is 262 g/mol. The Labute approximate surface area is 103 Å². The molecule has 1 aliphatic rings. The van der Waals surface area contributed by atoms with Gasteiger partial charge in [-0.25, -0.2) is 8.42 Å². The third-order valence-corrected chi connectivity index (χ3v) is 6.00. The summed E-state index contributed by atoms with van der Waals surface area (Å²) in [6, 6.07) is 0.733. The zero-order valence-electron chi connectivity index (χ0n) is 9.21. The first kappa shape index (κ1) is 12.3. The summed E-state index contributed by atoms with van der Waals surface area (Å²) in [5.41, 5.74) is 5.93. The zero-order chi connectivity index (χ0) is 12.6. The van der Waals surface area contributed by atoms with Crippen LogP contribution in [-0.2, 0) is 14.8 Å². The van der Waals surface area contributed by atoms with Crippen LogP contribution in [0.25, 0.3) is 0 Å². The Morgan fingerprint density at radius 3 is 2.88 bits per heavy atom. The third-order valence-electron chi connectivity index (χ3n) is 2.60. The number of carbonyl (C=O) groups is 1. The number of sulfonamides is 1. The van der Waals surface area contributed by atoms with Crippen LogP contribution in [0.4, 0.5) is 5.69 Å². The minimum Gasteiger partial charge on any atom is -0.398 e. The Morgan fingerprint density at radius 2 is 2.29 bits per heavy atom. The number of nitrogens with one attached hydrogen (secondary N) is 1. The number of nitrogens with zero attached hydrogens (tertiary/aromatic N) is 1. The summed E-state index contributed by atoms with van der Waals surface area (Å²) >= 11 is 1.07. The van der Waals surface area contributed by atoms with Crippen molar-refractivity contribution in [3.8, 4) is 0 Å². The Kier molecular flexibility index (Phi) is 3.11. The molecule has 0 bridgehead atoms. The summed E-state index contributed by atoms with van der Waals surface area (Å²) in [4.78, 5) is 11.4. The third kappa shape index (κ3) is 2.15. The van der Waals surface area contributed by atoms with E-state index in [-0.39, 0.29) is 16.7 Å². The molecule has 0 saturated carbocycles. The van der Waals surface area contributed by atoms with Gasteiger partial charge in [0.2, 0.25) is 5.91 Å². The topological polar surface area (TPSA) is 92.5 Å². The van der Waals surface area contributed by atoms with E-state index >= 15 is 0 Å². The van der Waals surface area contributed by atoms with Crippen molar-refractivity contribution >= 4 is 33.0 Å². The van der Waals surface area contributed by atoms with Crippen LogP contribution >= 0.6 is 11.3 Å². The maximum atomic E-state index is 12.3. The maximum absolute atomic E-state index is 12.3. The molecule has 3 N–H and O–H groups in total. The minimum absolute atomic E-state index is 0.177. The first-order valence-electron chi connectivity index (χ1n) is 5.06. The number of nitrogens with two attached hydrogens (primary N) is 1. The summed E-state index contributed by atoms with van der Waals surface area (Å²) in [7, 11) is -3.61. The summed E-state index contributed by atoms with van der Waals surface area (Å²) < 4.78 is 25.9. The number of nitrogen functional groups attached to an aromatic ring is 1. The van der Waals surface area contributed by atoms with Crippen LogP contribution in [0.15, 0.2) is 15.7 Å². The molecule has 0 radical (unpaired) electrons. The molecule has 0 aromatic carbocycles. The van der Waals surface area contributed by atoms with Gasteiger partial charge in [-0.2, -0.15) is 4.31 Å². The van der Waals surface area contributed by atoms with E-state index in [0.717, 1.165) is 11.3 Å². The van der Waals surface area contributed by atoms with E-state index in [2.05, 4.69) is 5.32 Å². The van der Waals surface area contributed by atoms with Gasteiger partial charge in [0.15, 0.2) is 0 Å². The number of piperazine rings is 1. The molecular formula is C9H13N3O3S2. The number of rotatable bonds is 2. The van der Waals surface area contributed by atoms with Gasteiger partial charge >= 0.3 is 0 Å². The molecule has 1 fully saturated rings. The number of hydrogen-bond donors (Lipinski definition) is 2. The average molecular weight is 275 g/mol. The minimum atomic E-state index is -3.61. The van der Waals surface area contributed by atoms with Crippen molar-refractivity contribution in [2.75, 3.05) is 18.8 Å². The molecule has 1 atom stereocenters. The van der Waals surface area contributed by atoms with E-state index in [9.17, 15) is 13.2 Å². The highest BCUT2D eigenvalue weighted by molar-refractivity contribution is 7.91. The van der Waals surface area contributed by atoms with Crippen molar-refractivity contribution in [2.24, 2.45) is 0 Å². The molecule has 1 saturated heterocycles. The summed E-state index contributed by atoms with van der Waals surface area (Å²) in [5, 5.41) is 4.20. The molecule has 0 spiro atoms. The number of carbonyl (C=O) groups excluding carboxylic acids is 1. The van der Waals surface area contributed by atoms with E-state index in [4.69, 9.17) is 5.73 Å². The fourth-order valence-electron chi connectivity index (χ4n) is 1.67. The van der Waals surface area contributed by atoms with Crippen LogP contribution in [0.5, 0.6) is 0 Å². The van der Waals surface area contributed by atoms with Crippen molar-refractivity contribution in [1.29, 1.82) is 0 Å². The van der Waals surface area contributed by atoms with Crippen molar-refractivity contribution in [3.05, 3.63) is 11.4 Å². The lowest BCUT2D eigenvalue weighted by atomic mass is 10.2. The lowest BCUT2D eigenvalue weighted by molar-refractivity contribution is -0.126. The smallest absolute Gasteiger partial charge is 0.253 e. The van der Waals surface area contributed by atoms with E-state index in [1.54, 1.807) is 12.3 Å². The van der Waals surface area contributed by atoms with Crippen LogP contribution in [-0.4, -0.2) is 37.8 Å². The number of thiophene rings is 1. The molecule has 17 heavy (non-hydrogen) atoms. The van der Waals surface area contributed by atoms with Crippen LogP contribution < -0.4 is 11.1 Å². The van der Waals surface area contributed by atoms with E-state index in [1.807, 2.05) is 0 Å². The second kappa shape index (κ2) is 4.28. The Bertz CT molecular complexity index is 537. The van der Waals surface area contributed by atoms with Crippen molar-refractivity contribution in [1.82, 2.24) is 9.62 Å². The number of hydrogen-bond acceptors (Lipinski definition) is 5. The molecule has 1 aromatic heterocycles. The lowest BCUT2D eigenvalue weighted by Gasteiger charge is -2.31. The van der Waals surface area contributed by atoms with Crippen LogP contribution in [0, 0.1) is 0 Å². The SMILES string of the molecule is CC1C(=O)NCCN1S(=O)(=O)c1cc(N)cs1. The molecule has 1 amide bonds. The Morgan fingerprint density at radius 1 is 1.59 bits per heavy atom. The highest BCUT2D eigenvalue weighted by Gasteiger charge is 2.36. The lowest BCUT2D eigenvalue weighted by Crippen LogP contribution is -2.55. The van der Waals surface area contributed by atoms with Gasteiger partial charge in [0.25, 0.3) is 10.0 Å². The largest absolute Gasteiger partial charge is 0.398 e. The molecule has 8 heteroatoms. The fraction of sp³-hybridized carbons (Fsp3) is 0.444. The second-order valence-electron chi connectivity index (χ2n) is 3.78. The van der Waals surface area contributed by atoms with Gasteiger partial charge in [0.1, 0.15) is 10.3 Å². The fourth-order valence-corrected chi connectivity index (χ4v) is 4.47. The van der Waals surface area contributed by atoms with Crippen molar-refractivity contribution in [3.63, 3.8) is 0 Å². The normalized spacial score (nSPS) is 22.4. The summed E-state index contributed by atoms with van der Waals surface area (Å²) in [6.45, 7) is 2.19. The van der Waals surface area contributed by atoms with Gasteiger partial charge in [-0.05, 0) is 13.0 Å². The molecule has 1 unspecified atom stereocenters. The predicted octanol–water partition coefficient (Wildman–Crippen LogP) is -0.161. The van der Waals surface area contributed by atoms with Gasteiger partial charge < -0.3 is 11.1 Å². The first-order valence-corrected chi connectivity index (χ1v) is 7.38. The highest BCUT2D eigenvalue weighted by Crippen LogP contribution is 2.26. The van der Waals surface area contributed by atoms with Crippen molar-refractivity contribution < 1.29 is 13.2 Å².